The largest absolute Gasteiger partial charge is 0.502 e. The number of rotatable bonds is 7. The van der Waals surface area contributed by atoms with Gasteiger partial charge in [-0.3, -0.25) is 23.9 Å². The number of hydrogen-bond acceptors (Lipinski definition) is 6. The fraction of sp³-hybridized carbons (Fsp3) is 0.519. The average molecular weight is 545 g/mol. The second-order valence-corrected chi connectivity index (χ2v) is 11.0. The van der Waals surface area contributed by atoms with Gasteiger partial charge in [0.2, 0.25) is 0 Å². The van der Waals surface area contributed by atoms with E-state index in [9.17, 15) is 23.9 Å². The van der Waals surface area contributed by atoms with Gasteiger partial charge < -0.3 is 19.6 Å². The number of hydrogen-bond donors (Lipinski definition) is 1. The Morgan fingerprint density at radius 1 is 1.05 bits per heavy atom. The Morgan fingerprint density at radius 3 is 2.53 bits per heavy atom. The van der Waals surface area contributed by atoms with E-state index in [1.165, 1.54) is 21.6 Å². The first-order valence-electron chi connectivity index (χ1n) is 13.2. The minimum Gasteiger partial charge on any atom is -0.502 e. The van der Waals surface area contributed by atoms with E-state index in [-0.39, 0.29) is 28.7 Å². The van der Waals surface area contributed by atoms with Gasteiger partial charge in [-0.25, -0.2) is 4.39 Å². The highest BCUT2D eigenvalue weighted by Gasteiger charge is 2.45. The van der Waals surface area contributed by atoms with Gasteiger partial charge in [-0.05, 0) is 36.5 Å². The number of amides is 2. The maximum atomic E-state index is 13.8. The summed E-state index contributed by atoms with van der Waals surface area (Å²) in [7, 11) is 0. The molecule has 6 rings (SSSR count). The van der Waals surface area contributed by atoms with Crippen LogP contribution in [0.25, 0.3) is 0 Å². The van der Waals surface area contributed by atoms with E-state index in [0.29, 0.717) is 62.7 Å². The monoisotopic (exact) mass is 544 g/mol. The molecule has 3 aliphatic heterocycles. The number of aromatic hydroxyl groups is 1. The quantitative estimate of drug-likeness (QED) is 0.576. The van der Waals surface area contributed by atoms with Crippen LogP contribution >= 0.6 is 11.6 Å². The lowest BCUT2D eigenvalue weighted by Crippen LogP contribution is -2.43. The molecule has 9 nitrogen and oxygen atoms in total. The second kappa shape index (κ2) is 9.98. The van der Waals surface area contributed by atoms with Crippen molar-refractivity contribution in [3.05, 3.63) is 61.8 Å². The molecule has 2 amide bonds. The van der Waals surface area contributed by atoms with Crippen LogP contribution < -0.4 is 5.56 Å². The van der Waals surface area contributed by atoms with Crippen LogP contribution in [-0.4, -0.2) is 82.1 Å². The van der Waals surface area contributed by atoms with Gasteiger partial charge in [0, 0.05) is 44.8 Å². The van der Waals surface area contributed by atoms with Crippen molar-refractivity contribution in [1.82, 2.24) is 19.3 Å². The lowest BCUT2D eigenvalue weighted by molar-refractivity contribution is 0.0283. The first-order valence-corrected chi connectivity index (χ1v) is 13.6. The average Bonchev–Trinajstić information content (AvgIpc) is 3.69. The predicted molar refractivity (Wildman–Crippen MR) is 137 cm³/mol. The smallest absolute Gasteiger partial charge is 0.295 e. The molecule has 1 aliphatic carbocycles. The van der Waals surface area contributed by atoms with E-state index in [1.807, 2.05) is 0 Å². The van der Waals surface area contributed by atoms with Crippen LogP contribution in [-0.2, 0) is 17.7 Å². The van der Waals surface area contributed by atoms with Crippen molar-refractivity contribution in [3.63, 3.8) is 0 Å². The van der Waals surface area contributed by atoms with Crippen LogP contribution in [0.15, 0.2) is 23.0 Å². The number of nitrogens with zero attached hydrogens (tertiary/aromatic N) is 4. The third-order valence-corrected chi connectivity index (χ3v) is 8.39. The molecule has 1 saturated carbocycles. The van der Waals surface area contributed by atoms with E-state index in [4.69, 9.17) is 16.3 Å². The third kappa shape index (κ3) is 4.48. The summed E-state index contributed by atoms with van der Waals surface area (Å²) in [6, 6.07) is 4.23. The van der Waals surface area contributed by atoms with Crippen molar-refractivity contribution in [1.29, 1.82) is 0 Å². The summed E-state index contributed by atoms with van der Waals surface area (Å²) in [6.45, 7) is 4.45. The number of fused-ring (bicyclic) bond motifs is 3. The number of carbonyl (C=O) groups is 2. The molecule has 202 valence electrons. The number of halogens is 2. The van der Waals surface area contributed by atoms with Gasteiger partial charge in [-0.2, -0.15) is 0 Å². The molecular formula is C27H30ClFN4O5. The van der Waals surface area contributed by atoms with E-state index in [1.54, 1.807) is 11.0 Å². The highest BCUT2D eigenvalue weighted by Crippen LogP contribution is 2.42. The van der Waals surface area contributed by atoms with Crippen molar-refractivity contribution in [2.45, 2.75) is 38.4 Å². The first kappa shape index (κ1) is 25.3. The van der Waals surface area contributed by atoms with Crippen molar-refractivity contribution < 1.29 is 23.8 Å². The molecule has 11 heteroatoms. The Hall–Kier alpha value is -2.95. The summed E-state index contributed by atoms with van der Waals surface area (Å²) >= 11 is 5.90. The summed E-state index contributed by atoms with van der Waals surface area (Å²) in [5, 5.41) is 11.0. The molecule has 0 bridgehead atoms. The minimum atomic E-state index is -0.702. The molecule has 4 heterocycles. The first-order chi connectivity index (χ1) is 18.3. The molecule has 38 heavy (non-hydrogen) atoms. The van der Waals surface area contributed by atoms with Crippen LogP contribution in [0.3, 0.4) is 0 Å². The van der Waals surface area contributed by atoms with Gasteiger partial charge >= 0.3 is 0 Å². The van der Waals surface area contributed by atoms with Crippen LogP contribution in [0.4, 0.5) is 4.39 Å². The summed E-state index contributed by atoms with van der Waals surface area (Å²) in [4.78, 5) is 46.3. The van der Waals surface area contributed by atoms with Gasteiger partial charge in [0.25, 0.3) is 17.4 Å². The molecule has 0 radical (unpaired) electrons. The fourth-order valence-corrected chi connectivity index (χ4v) is 6.06. The maximum absolute atomic E-state index is 13.8. The van der Waals surface area contributed by atoms with Crippen LogP contribution in [0.2, 0.25) is 5.02 Å². The fourth-order valence-electron chi connectivity index (χ4n) is 5.85. The van der Waals surface area contributed by atoms with Crippen molar-refractivity contribution in [2.75, 3.05) is 45.9 Å². The number of pyridine rings is 1. The molecule has 1 saturated heterocycles. The zero-order valence-electron chi connectivity index (χ0n) is 21.0. The molecule has 2 fully saturated rings. The van der Waals surface area contributed by atoms with Gasteiger partial charge in [0.15, 0.2) is 5.75 Å². The van der Waals surface area contributed by atoms with E-state index < -0.39 is 29.2 Å². The molecule has 4 aliphatic rings. The molecular weight excluding hydrogens is 515 g/mol. The highest BCUT2D eigenvalue weighted by atomic mass is 35.5. The topological polar surface area (TPSA) is 95.3 Å². The Balaban J connectivity index is 1.32. The molecule has 1 aromatic carbocycles. The summed E-state index contributed by atoms with van der Waals surface area (Å²) in [5.41, 5.74) is 0.481. The summed E-state index contributed by atoms with van der Waals surface area (Å²) < 4.78 is 20.5. The highest BCUT2D eigenvalue weighted by molar-refractivity contribution is 6.30. The number of carbonyl (C=O) groups excluding carboxylic acids is 2. The Kier molecular flexibility index (Phi) is 6.65. The number of aromatic nitrogens is 1. The van der Waals surface area contributed by atoms with Crippen molar-refractivity contribution in [2.24, 2.45) is 5.92 Å². The second-order valence-electron chi connectivity index (χ2n) is 10.6. The van der Waals surface area contributed by atoms with Gasteiger partial charge in [-0.1, -0.05) is 30.5 Å². The molecule has 0 spiro atoms. The number of benzene rings is 1. The Morgan fingerprint density at radius 2 is 1.82 bits per heavy atom. The summed E-state index contributed by atoms with van der Waals surface area (Å²) in [6.07, 6.45) is 2.63. The molecule has 1 unspecified atom stereocenters. The van der Waals surface area contributed by atoms with E-state index >= 15 is 0 Å². The van der Waals surface area contributed by atoms with Crippen molar-refractivity contribution in [3.8, 4) is 5.75 Å². The lowest BCUT2D eigenvalue weighted by atomic mass is 9.95. The van der Waals surface area contributed by atoms with Crippen molar-refractivity contribution >= 4 is 23.4 Å². The third-order valence-electron chi connectivity index (χ3n) is 8.10. The molecule has 1 N–H and O–H groups in total. The predicted octanol–water partition coefficient (Wildman–Crippen LogP) is 2.63. The van der Waals surface area contributed by atoms with Gasteiger partial charge in [0.1, 0.15) is 17.7 Å². The van der Waals surface area contributed by atoms with Gasteiger partial charge in [0.05, 0.1) is 23.8 Å². The maximum Gasteiger partial charge on any atom is 0.295 e. The minimum absolute atomic E-state index is 0.0456. The zero-order chi connectivity index (χ0) is 26.6. The van der Waals surface area contributed by atoms with Crippen LogP contribution in [0, 0.1) is 11.7 Å². The lowest BCUT2D eigenvalue weighted by Gasteiger charge is -2.31. The number of ether oxygens (including phenoxy) is 1. The molecule has 1 aromatic heterocycles. The molecule has 1 atom stereocenters. The zero-order valence-corrected chi connectivity index (χ0v) is 21.8. The van der Waals surface area contributed by atoms with Gasteiger partial charge in [-0.15, -0.1) is 0 Å². The number of morpholine rings is 1. The Labute approximate surface area is 224 Å². The van der Waals surface area contributed by atoms with E-state index in [2.05, 4.69) is 4.90 Å². The normalized spacial score (nSPS) is 21.7. The van der Waals surface area contributed by atoms with Crippen LogP contribution in [0.1, 0.15) is 57.4 Å². The van der Waals surface area contributed by atoms with Crippen LogP contribution in [0.5, 0.6) is 5.75 Å². The SMILES string of the molecule is O=C1c2c(c3n(c(=O)c2O)C(CC2CC2)N(CCN2CCOCC2)C3=O)CCN1Cc1ccc(F)c(Cl)c1. The molecule has 2 aromatic rings. The van der Waals surface area contributed by atoms with E-state index in [0.717, 1.165) is 25.9 Å². The summed E-state index contributed by atoms with van der Waals surface area (Å²) in [5.74, 6) is -1.51. The Bertz CT molecular complexity index is 1350. The standard InChI is InChI=1S/C27H30ClFN4O5/c28-19-13-17(3-4-20(19)29)15-31-6-5-18-22(25(31)35)24(34)27(37)33-21(14-16-1-2-16)32(26(36)23(18)33)8-7-30-9-11-38-12-10-30/h3-4,13,16,21,34H,1-2,5-12,14-15H2.